The average molecular weight is 263 g/mol. The normalized spacial score (nSPS) is 12.0. The Morgan fingerprint density at radius 1 is 1.25 bits per heavy atom. The first-order chi connectivity index (χ1) is 7.40. The minimum absolute atomic E-state index is 0.0477. The minimum Gasteiger partial charge on any atom is -0.387 e. The number of esters is 2. The van der Waals surface area contributed by atoms with E-state index in [4.69, 9.17) is 28.3 Å². The van der Waals surface area contributed by atoms with Crippen LogP contribution in [0, 0.1) is 0 Å². The third-order valence-corrected chi connectivity index (χ3v) is 2.07. The Morgan fingerprint density at radius 2 is 1.75 bits per heavy atom. The zero-order valence-corrected chi connectivity index (χ0v) is 9.75. The summed E-state index contributed by atoms with van der Waals surface area (Å²) in [7, 11) is 0. The van der Waals surface area contributed by atoms with Crippen LogP contribution in [0.1, 0.15) is 17.3 Å². The summed E-state index contributed by atoms with van der Waals surface area (Å²) in [5, 5.41) is 9.35. The fourth-order valence-corrected chi connectivity index (χ4v) is 1.43. The Bertz CT molecular complexity index is 409. The van der Waals surface area contributed by atoms with Crippen LogP contribution >= 0.6 is 23.2 Å². The third kappa shape index (κ3) is 3.48. The van der Waals surface area contributed by atoms with Gasteiger partial charge >= 0.3 is 11.9 Å². The van der Waals surface area contributed by atoms with Crippen LogP contribution in [0.5, 0.6) is 0 Å². The molecule has 0 amide bonds. The molecule has 0 bridgehead atoms. The van der Waals surface area contributed by atoms with Crippen molar-refractivity contribution < 1.29 is 19.4 Å². The van der Waals surface area contributed by atoms with Crippen LogP contribution in [0.4, 0.5) is 0 Å². The van der Waals surface area contributed by atoms with Gasteiger partial charge in [-0.2, -0.15) is 0 Å². The molecular formula is C10H8Cl2O4. The van der Waals surface area contributed by atoms with Gasteiger partial charge in [0.05, 0.1) is 5.56 Å². The number of hydrogen-bond donors (Lipinski definition) is 1. The van der Waals surface area contributed by atoms with E-state index in [1.165, 1.54) is 25.1 Å². The number of carbonyl (C=O) groups excluding carboxylic acids is 2. The first-order valence-electron chi connectivity index (χ1n) is 4.30. The summed E-state index contributed by atoms with van der Waals surface area (Å²) in [6, 6.07) is 4.06. The summed E-state index contributed by atoms with van der Waals surface area (Å²) in [6.45, 7) is 1.20. The molecule has 1 N–H and O–H groups in total. The maximum Gasteiger partial charge on any atom is 0.345 e. The number of carbonyl (C=O) groups is 2. The summed E-state index contributed by atoms with van der Waals surface area (Å²) < 4.78 is 4.36. The number of benzene rings is 1. The summed E-state index contributed by atoms with van der Waals surface area (Å²) in [5.74, 6) is -1.93. The predicted molar refractivity (Wildman–Crippen MR) is 58.6 cm³/mol. The molecule has 1 atom stereocenters. The second-order valence-electron chi connectivity index (χ2n) is 3.04. The van der Waals surface area contributed by atoms with Crippen molar-refractivity contribution >= 4 is 35.1 Å². The molecular weight excluding hydrogens is 255 g/mol. The van der Waals surface area contributed by atoms with Crippen LogP contribution in [0.25, 0.3) is 0 Å². The first-order valence-corrected chi connectivity index (χ1v) is 5.06. The van der Waals surface area contributed by atoms with Crippen molar-refractivity contribution in [2.75, 3.05) is 0 Å². The third-order valence-electron chi connectivity index (χ3n) is 1.63. The van der Waals surface area contributed by atoms with E-state index in [0.29, 0.717) is 0 Å². The van der Waals surface area contributed by atoms with Gasteiger partial charge in [0.2, 0.25) is 0 Å². The van der Waals surface area contributed by atoms with Crippen LogP contribution in [0.2, 0.25) is 10.0 Å². The van der Waals surface area contributed by atoms with Crippen molar-refractivity contribution in [3.8, 4) is 0 Å². The van der Waals surface area contributed by atoms with Gasteiger partial charge in [0.15, 0.2) is 0 Å². The van der Waals surface area contributed by atoms with Gasteiger partial charge in [-0.1, -0.05) is 23.2 Å². The van der Waals surface area contributed by atoms with Gasteiger partial charge in [-0.25, -0.2) is 9.59 Å². The second-order valence-corrected chi connectivity index (χ2v) is 3.92. The molecule has 0 aromatic heterocycles. The average Bonchev–Trinajstić information content (AvgIpc) is 2.15. The highest BCUT2D eigenvalue weighted by Crippen LogP contribution is 2.19. The van der Waals surface area contributed by atoms with Crippen molar-refractivity contribution in [3.05, 3.63) is 33.8 Å². The number of ether oxygens (including phenoxy) is 1. The zero-order chi connectivity index (χ0) is 12.3. The quantitative estimate of drug-likeness (QED) is 0.655. The molecule has 1 rings (SSSR count). The van der Waals surface area contributed by atoms with Crippen LogP contribution in [0.15, 0.2) is 18.2 Å². The van der Waals surface area contributed by atoms with E-state index in [0.717, 1.165) is 0 Å². The molecule has 1 unspecified atom stereocenters. The lowest BCUT2D eigenvalue weighted by Gasteiger charge is -2.05. The van der Waals surface area contributed by atoms with Gasteiger partial charge in [0, 0.05) is 10.0 Å². The van der Waals surface area contributed by atoms with E-state index >= 15 is 0 Å². The van der Waals surface area contributed by atoms with E-state index < -0.39 is 18.0 Å². The Morgan fingerprint density at radius 3 is 2.19 bits per heavy atom. The molecule has 86 valence electrons. The topological polar surface area (TPSA) is 63.6 Å². The largest absolute Gasteiger partial charge is 0.387 e. The minimum atomic E-state index is -1.36. The molecule has 0 fully saturated rings. The van der Waals surface area contributed by atoms with Gasteiger partial charge < -0.3 is 9.84 Å². The summed E-state index contributed by atoms with van der Waals surface area (Å²) in [5.41, 5.74) is 0.0477. The van der Waals surface area contributed by atoms with E-state index in [9.17, 15) is 9.59 Å². The highest BCUT2D eigenvalue weighted by Gasteiger charge is 2.17. The maximum atomic E-state index is 11.4. The smallest absolute Gasteiger partial charge is 0.345 e. The van der Waals surface area contributed by atoms with Gasteiger partial charge in [-0.15, -0.1) is 0 Å². The summed E-state index contributed by atoms with van der Waals surface area (Å²) in [6.07, 6.45) is -1.36. The lowest BCUT2D eigenvalue weighted by atomic mass is 10.2. The predicted octanol–water partition coefficient (Wildman–Crippen LogP) is 2.06. The van der Waals surface area contributed by atoms with Crippen molar-refractivity contribution in [1.29, 1.82) is 0 Å². The van der Waals surface area contributed by atoms with Gasteiger partial charge in [0.25, 0.3) is 0 Å². The Hall–Kier alpha value is -1.10. The first kappa shape index (κ1) is 13.0. The van der Waals surface area contributed by atoms with Crippen LogP contribution < -0.4 is 0 Å². The highest BCUT2D eigenvalue weighted by molar-refractivity contribution is 6.35. The van der Waals surface area contributed by atoms with E-state index in [2.05, 4.69) is 4.74 Å². The molecule has 0 aliphatic heterocycles. The molecule has 0 saturated heterocycles. The Balaban J connectivity index is 2.85. The van der Waals surface area contributed by atoms with E-state index in [-0.39, 0.29) is 15.6 Å². The number of halogens is 2. The summed E-state index contributed by atoms with van der Waals surface area (Å²) >= 11 is 11.3. The second kappa shape index (κ2) is 5.30. The summed E-state index contributed by atoms with van der Waals surface area (Å²) in [4.78, 5) is 22.3. The molecule has 1 aromatic carbocycles. The van der Waals surface area contributed by atoms with Gasteiger partial charge in [-0.05, 0) is 25.1 Å². The van der Waals surface area contributed by atoms with Crippen LogP contribution in [-0.2, 0) is 9.53 Å². The number of rotatable bonds is 2. The monoisotopic (exact) mass is 262 g/mol. The van der Waals surface area contributed by atoms with E-state index in [1.807, 2.05) is 0 Å². The van der Waals surface area contributed by atoms with Crippen molar-refractivity contribution in [2.24, 2.45) is 0 Å². The lowest BCUT2D eigenvalue weighted by Crippen LogP contribution is -2.22. The molecule has 0 radical (unpaired) electrons. The lowest BCUT2D eigenvalue weighted by molar-refractivity contribution is -0.146. The fourth-order valence-electron chi connectivity index (χ4n) is 0.907. The molecule has 6 heteroatoms. The molecule has 16 heavy (non-hydrogen) atoms. The molecule has 0 saturated carbocycles. The van der Waals surface area contributed by atoms with Gasteiger partial charge in [0.1, 0.15) is 6.10 Å². The molecule has 0 spiro atoms. The van der Waals surface area contributed by atoms with E-state index in [1.54, 1.807) is 0 Å². The molecule has 4 nitrogen and oxygen atoms in total. The SMILES string of the molecule is CC(O)C(=O)OC(=O)c1cc(Cl)cc(Cl)c1. The Kier molecular flexibility index (Phi) is 4.29. The van der Waals surface area contributed by atoms with Gasteiger partial charge in [-0.3, -0.25) is 0 Å². The molecule has 1 aromatic rings. The van der Waals surface area contributed by atoms with Crippen molar-refractivity contribution in [3.63, 3.8) is 0 Å². The fraction of sp³-hybridized carbons (Fsp3) is 0.200. The maximum absolute atomic E-state index is 11.4. The number of aliphatic hydroxyl groups excluding tert-OH is 1. The van der Waals surface area contributed by atoms with Crippen LogP contribution in [0.3, 0.4) is 0 Å². The highest BCUT2D eigenvalue weighted by atomic mass is 35.5. The number of aliphatic hydroxyl groups is 1. The Labute approximate surface area is 102 Å². The van der Waals surface area contributed by atoms with Crippen molar-refractivity contribution in [2.45, 2.75) is 13.0 Å². The molecule has 0 heterocycles. The zero-order valence-electron chi connectivity index (χ0n) is 8.24. The molecule has 0 aliphatic carbocycles. The molecule has 0 aliphatic rings. The number of hydrogen-bond acceptors (Lipinski definition) is 4. The van der Waals surface area contributed by atoms with Crippen molar-refractivity contribution in [1.82, 2.24) is 0 Å². The van der Waals surface area contributed by atoms with Crippen LogP contribution in [-0.4, -0.2) is 23.1 Å². The standard InChI is InChI=1S/C10H8Cl2O4/c1-5(13)9(14)16-10(15)6-2-7(11)4-8(12)3-6/h2-5,13H,1H3.